The summed E-state index contributed by atoms with van der Waals surface area (Å²) in [6.07, 6.45) is 7.11. The van der Waals surface area contributed by atoms with Gasteiger partial charge in [0.25, 0.3) is 0 Å². The van der Waals surface area contributed by atoms with E-state index in [0.29, 0.717) is 18.5 Å². The number of carbonyl (C=O) groups excluding carboxylic acids is 1. The fourth-order valence-corrected chi connectivity index (χ4v) is 3.25. The molecule has 0 aromatic rings. The molecule has 1 fully saturated rings. The molecular weight excluding hydrogens is 276 g/mol. The van der Waals surface area contributed by atoms with Gasteiger partial charge in [-0.1, -0.05) is 33.1 Å². The Morgan fingerprint density at radius 3 is 2.45 bits per heavy atom. The predicted octanol–water partition coefficient (Wildman–Crippen LogP) is 4.10. The Morgan fingerprint density at radius 1 is 1.27 bits per heavy atom. The van der Waals surface area contributed by atoms with E-state index in [1.807, 2.05) is 20.8 Å². The standard InChI is InChI=1S/C18H36N2O2/c1-6-14(7-2)12-15(16-10-8-9-11-19-16)13-20-17(21)22-18(3,4)5/h14-16,19H,6-13H2,1-5H3,(H,20,21)/t15-,16+/m1/s1. The number of rotatable bonds is 7. The van der Waals surface area contributed by atoms with Crippen molar-refractivity contribution >= 4 is 6.09 Å². The average Bonchev–Trinajstić information content (AvgIpc) is 2.47. The summed E-state index contributed by atoms with van der Waals surface area (Å²) in [5.74, 6) is 1.24. The minimum Gasteiger partial charge on any atom is -0.444 e. The highest BCUT2D eigenvalue weighted by Gasteiger charge is 2.26. The molecule has 0 saturated carbocycles. The van der Waals surface area contributed by atoms with Crippen LogP contribution in [0.4, 0.5) is 4.79 Å². The molecule has 2 atom stereocenters. The first-order chi connectivity index (χ1) is 10.4. The Hall–Kier alpha value is -0.770. The van der Waals surface area contributed by atoms with Crippen molar-refractivity contribution in [1.29, 1.82) is 0 Å². The molecule has 1 saturated heterocycles. The van der Waals surface area contributed by atoms with Gasteiger partial charge < -0.3 is 15.4 Å². The molecule has 1 aliphatic heterocycles. The summed E-state index contributed by atoms with van der Waals surface area (Å²) in [6, 6.07) is 0.532. The van der Waals surface area contributed by atoms with Gasteiger partial charge >= 0.3 is 6.09 Å². The third-order valence-electron chi connectivity index (χ3n) is 4.62. The Labute approximate surface area is 136 Å². The van der Waals surface area contributed by atoms with Crippen LogP contribution in [0.5, 0.6) is 0 Å². The molecule has 22 heavy (non-hydrogen) atoms. The summed E-state index contributed by atoms with van der Waals surface area (Å²) in [7, 11) is 0. The van der Waals surface area contributed by atoms with E-state index >= 15 is 0 Å². The number of carbonyl (C=O) groups is 1. The molecule has 0 bridgehead atoms. The van der Waals surface area contributed by atoms with Crippen molar-refractivity contribution in [2.75, 3.05) is 13.1 Å². The van der Waals surface area contributed by atoms with Crippen molar-refractivity contribution in [3.05, 3.63) is 0 Å². The maximum atomic E-state index is 11.9. The average molecular weight is 312 g/mol. The van der Waals surface area contributed by atoms with E-state index in [4.69, 9.17) is 4.74 Å². The van der Waals surface area contributed by atoms with E-state index in [0.717, 1.165) is 12.5 Å². The van der Waals surface area contributed by atoms with Crippen molar-refractivity contribution in [3.63, 3.8) is 0 Å². The molecule has 4 nitrogen and oxygen atoms in total. The number of hydrogen-bond donors (Lipinski definition) is 2. The van der Waals surface area contributed by atoms with Gasteiger partial charge in [0.1, 0.15) is 5.60 Å². The first kappa shape index (κ1) is 19.3. The van der Waals surface area contributed by atoms with Crippen LogP contribution in [-0.4, -0.2) is 30.8 Å². The summed E-state index contributed by atoms with van der Waals surface area (Å²) in [5, 5.41) is 6.64. The van der Waals surface area contributed by atoms with Crippen LogP contribution in [-0.2, 0) is 4.74 Å². The normalized spacial score (nSPS) is 20.7. The molecule has 1 amide bonds. The lowest BCUT2D eigenvalue weighted by Crippen LogP contribution is -2.46. The molecule has 0 unspecified atom stereocenters. The molecule has 0 aliphatic carbocycles. The number of nitrogens with one attached hydrogen (secondary N) is 2. The van der Waals surface area contributed by atoms with E-state index in [1.165, 1.54) is 38.5 Å². The molecule has 2 N–H and O–H groups in total. The van der Waals surface area contributed by atoms with E-state index in [1.54, 1.807) is 0 Å². The maximum Gasteiger partial charge on any atom is 0.407 e. The van der Waals surface area contributed by atoms with Gasteiger partial charge in [0.15, 0.2) is 0 Å². The number of hydrogen-bond acceptors (Lipinski definition) is 3. The Morgan fingerprint density at radius 2 is 1.95 bits per heavy atom. The van der Waals surface area contributed by atoms with E-state index in [-0.39, 0.29) is 6.09 Å². The van der Waals surface area contributed by atoms with Gasteiger partial charge in [0, 0.05) is 12.6 Å². The van der Waals surface area contributed by atoms with Gasteiger partial charge in [-0.2, -0.15) is 0 Å². The highest BCUT2D eigenvalue weighted by molar-refractivity contribution is 5.67. The maximum absolute atomic E-state index is 11.9. The van der Waals surface area contributed by atoms with Crippen molar-refractivity contribution in [3.8, 4) is 0 Å². The molecular formula is C18H36N2O2. The minimum absolute atomic E-state index is 0.294. The first-order valence-corrected chi connectivity index (χ1v) is 9.06. The fraction of sp³-hybridized carbons (Fsp3) is 0.944. The van der Waals surface area contributed by atoms with E-state index < -0.39 is 5.60 Å². The number of ether oxygens (including phenoxy) is 1. The zero-order chi connectivity index (χ0) is 16.6. The summed E-state index contributed by atoms with van der Waals surface area (Å²) >= 11 is 0. The topological polar surface area (TPSA) is 50.4 Å². The van der Waals surface area contributed by atoms with Gasteiger partial charge in [0.05, 0.1) is 0 Å². The highest BCUT2D eigenvalue weighted by Crippen LogP contribution is 2.25. The van der Waals surface area contributed by atoms with Crippen LogP contribution in [0.2, 0.25) is 0 Å². The third kappa shape index (κ3) is 7.48. The summed E-state index contributed by atoms with van der Waals surface area (Å²) < 4.78 is 5.36. The lowest BCUT2D eigenvalue weighted by atomic mass is 9.83. The Balaban J connectivity index is 2.55. The minimum atomic E-state index is -0.432. The molecule has 130 valence electrons. The van der Waals surface area contributed by atoms with Crippen molar-refractivity contribution in [1.82, 2.24) is 10.6 Å². The van der Waals surface area contributed by atoms with Gasteiger partial charge in [-0.3, -0.25) is 0 Å². The second kappa shape index (κ2) is 9.39. The number of alkyl carbamates (subject to hydrolysis) is 1. The van der Waals surface area contributed by atoms with Gasteiger partial charge in [-0.15, -0.1) is 0 Å². The molecule has 0 aromatic heterocycles. The molecule has 0 radical (unpaired) electrons. The van der Waals surface area contributed by atoms with Crippen LogP contribution < -0.4 is 10.6 Å². The molecule has 1 heterocycles. The van der Waals surface area contributed by atoms with Gasteiger partial charge in [-0.05, 0) is 58.4 Å². The zero-order valence-electron chi connectivity index (χ0n) is 15.2. The van der Waals surface area contributed by atoms with Crippen LogP contribution in [0.3, 0.4) is 0 Å². The van der Waals surface area contributed by atoms with Crippen LogP contribution in [0, 0.1) is 11.8 Å². The smallest absolute Gasteiger partial charge is 0.407 e. The molecule has 4 heteroatoms. The molecule has 0 aromatic carbocycles. The monoisotopic (exact) mass is 312 g/mol. The SMILES string of the molecule is CCC(CC)C[C@H](CNC(=O)OC(C)(C)C)[C@@H]1CCCCN1. The zero-order valence-corrected chi connectivity index (χ0v) is 15.2. The largest absolute Gasteiger partial charge is 0.444 e. The Kier molecular flexibility index (Phi) is 8.23. The first-order valence-electron chi connectivity index (χ1n) is 9.06. The summed E-state index contributed by atoms with van der Waals surface area (Å²) in [6.45, 7) is 12.0. The van der Waals surface area contributed by atoms with E-state index in [2.05, 4.69) is 24.5 Å². The second-order valence-corrected chi connectivity index (χ2v) is 7.62. The molecule has 1 rings (SSSR count). The van der Waals surface area contributed by atoms with Crippen LogP contribution in [0.1, 0.15) is 73.1 Å². The number of piperidine rings is 1. The molecule has 1 aliphatic rings. The van der Waals surface area contributed by atoms with Gasteiger partial charge in [0.2, 0.25) is 0 Å². The quantitative estimate of drug-likeness (QED) is 0.744. The van der Waals surface area contributed by atoms with Crippen LogP contribution >= 0.6 is 0 Å². The highest BCUT2D eigenvalue weighted by atomic mass is 16.6. The third-order valence-corrected chi connectivity index (χ3v) is 4.62. The van der Waals surface area contributed by atoms with Crippen molar-refractivity contribution in [2.45, 2.75) is 84.8 Å². The number of amides is 1. The predicted molar refractivity (Wildman–Crippen MR) is 92.1 cm³/mol. The Bertz CT molecular complexity index is 316. The lowest BCUT2D eigenvalue weighted by Gasteiger charge is -2.33. The van der Waals surface area contributed by atoms with Crippen molar-refractivity contribution in [2.24, 2.45) is 11.8 Å². The summed E-state index contributed by atoms with van der Waals surface area (Å²) in [4.78, 5) is 11.9. The second-order valence-electron chi connectivity index (χ2n) is 7.62. The fourth-order valence-electron chi connectivity index (χ4n) is 3.25. The summed E-state index contributed by atoms with van der Waals surface area (Å²) in [5.41, 5.74) is -0.432. The van der Waals surface area contributed by atoms with E-state index in [9.17, 15) is 4.79 Å². The van der Waals surface area contributed by atoms with Crippen LogP contribution in [0.25, 0.3) is 0 Å². The van der Waals surface area contributed by atoms with Crippen LogP contribution in [0.15, 0.2) is 0 Å². The van der Waals surface area contributed by atoms with Crippen molar-refractivity contribution < 1.29 is 9.53 Å². The molecule has 0 spiro atoms. The lowest BCUT2D eigenvalue weighted by molar-refractivity contribution is 0.0510. The van der Waals surface area contributed by atoms with Gasteiger partial charge in [-0.25, -0.2) is 4.79 Å².